The number of aromatic nitrogens is 2. The van der Waals surface area contributed by atoms with Crippen LogP contribution in [0.3, 0.4) is 0 Å². The van der Waals surface area contributed by atoms with Crippen molar-refractivity contribution in [2.24, 2.45) is 0 Å². The molecular formula is C19H30BN3O6. The van der Waals surface area contributed by atoms with E-state index >= 15 is 0 Å². The first kappa shape index (κ1) is 22.0. The van der Waals surface area contributed by atoms with Crippen molar-refractivity contribution < 1.29 is 29.1 Å². The van der Waals surface area contributed by atoms with E-state index in [9.17, 15) is 9.90 Å². The highest BCUT2D eigenvalue weighted by molar-refractivity contribution is 6.61. The van der Waals surface area contributed by atoms with E-state index in [0.717, 1.165) is 19.3 Å². The van der Waals surface area contributed by atoms with Gasteiger partial charge in [-0.2, -0.15) is 0 Å². The summed E-state index contributed by atoms with van der Waals surface area (Å²) >= 11 is 0. The van der Waals surface area contributed by atoms with Gasteiger partial charge in [-0.25, -0.2) is 9.97 Å². The van der Waals surface area contributed by atoms with Gasteiger partial charge in [0.15, 0.2) is 6.10 Å². The van der Waals surface area contributed by atoms with Gasteiger partial charge in [-0.1, -0.05) is 0 Å². The SMILES string of the molecule is CC1(C)OB(c2cnc(OC[C@@H]3CCCCN3C(=O)[C@@H](O)CO)nc2)OC1(C)C. The van der Waals surface area contributed by atoms with E-state index in [1.807, 2.05) is 27.7 Å². The van der Waals surface area contributed by atoms with Crippen LogP contribution in [-0.2, 0) is 14.1 Å². The second-order valence-electron chi connectivity index (χ2n) is 8.58. The van der Waals surface area contributed by atoms with Crippen molar-refractivity contribution in [3.8, 4) is 6.01 Å². The molecule has 0 radical (unpaired) electrons. The lowest BCUT2D eigenvalue weighted by molar-refractivity contribution is -0.146. The predicted octanol–water partition coefficient (Wildman–Crippen LogP) is -0.111. The average molecular weight is 407 g/mol. The zero-order valence-electron chi connectivity index (χ0n) is 17.5. The van der Waals surface area contributed by atoms with Gasteiger partial charge < -0.3 is 29.2 Å². The number of carbonyl (C=O) groups is 1. The van der Waals surface area contributed by atoms with Gasteiger partial charge in [0.1, 0.15) is 6.61 Å². The molecular weight excluding hydrogens is 377 g/mol. The Hall–Kier alpha value is -1.75. The molecule has 2 N–H and O–H groups in total. The minimum absolute atomic E-state index is 0.191. The lowest BCUT2D eigenvalue weighted by atomic mass is 9.81. The van der Waals surface area contributed by atoms with Gasteiger partial charge in [0.2, 0.25) is 0 Å². The topological polar surface area (TPSA) is 114 Å². The monoisotopic (exact) mass is 407 g/mol. The highest BCUT2D eigenvalue weighted by atomic mass is 16.7. The second kappa shape index (κ2) is 8.55. The number of aliphatic hydroxyl groups excluding tert-OH is 2. The zero-order chi connectivity index (χ0) is 21.2. The summed E-state index contributed by atoms with van der Waals surface area (Å²) < 4.78 is 17.7. The number of ether oxygens (including phenoxy) is 1. The Labute approximate surface area is 171 Å². The zero-order valence-corrected chi connectivity index (χ0v) is 17.5. The third-order valence-electron chi connectivity index (χ3n) is 5.95. The first-order chi connectivity index (χ1) is 13.6. The third kappa shape index (κ3) is 4.71. The summed E-state index contributed by atoms with van der Waals surface area (Å²) in [5.41, 5.74) is -0.178. The molecule has 2 atom stereocenters. The quantitative estimate of drug-likeness (QED) is 0.628. The number of piperidine rings is 1. The van der Waals surface area contributed by atoms with E-state index in [-0.39, 0.29) is 18.7 Å². The van der Waals surface area contributed by atoms with Crippen LogP contribution >= 0.6 is 0 Å². The van der Waals surface area contributed by atoms with Crippen molar-refractivity contribution in [3.63, 3.8) is 0 Å². The Morgan fingerprint density at radius 1 is 1.28 bits per heavy atom. The van der Waals surface area contributed by atoms with Gasteiger partial charge in [-0.15, -0.1) is 0 Å². The third-order valence-corrected chi connectivity index (χ3v) is 5.95. The standard InChI is InChI=1S/C19H30BN3O6/c1-18(2)19(3,4)29-20(28-18)13-9-21-17(22-10-13)27-12-14-7-5-6-8-23(14)16(26)15(25)11-24/h9-10,14-15,24-25H,5-8,11-12H2,1-4H3/t14-,15-/m0/s1. The number of nitrogens with zero attached hydrogens (tertiary/aromatic N) is 3. The number of rotatable bonds is 6. The normalized spacial score (nSPS) is 24.4. The van der Waals surface area contributed by atoms with E-state index in [0.29, 0.717) is 12.0 Å². The first-order valence-corrected chi connectivity index (χ1v) is 10.0. The van der Waals surface area contributed by atoms with Gasteiger partial charge in [0, 0.05) is 24.4 Å². The highest BCUT2D eigenvalue weighted by Gasteiger charge is 2.52. The van der Waals surface area contributed by atoms with Crippen LogP contribution in [0.15, 0.2) is 12.4 Å². The van der Waals surface area contributed by atoms with E-state index in [2.05, 4.69) is 9.97 Å². The molecule has 0 bridgehead atoms. The van der Waals surface area contributed by atoms with Crippen LogP contribution < -0.4 is 10.2 Å². The van der Waals surface area contributed by atoms with Crippen molar-refractivity contribution in [2.75, 3.05) is 19.8 Å². The number of likely N-dealkylation sites (tertiary alicyclic amines) is 1. The summed E-state index contributed by atoms with van der Waals surface area (Å²) in [6.07, 6.45) is 4.42. The van der Waals surface area contributed by atoms with Crippen molar-refractivity contribution in [3.05, 3.63) is 12.4 Å². The smallest absolute Gasteiger partial charge is 0.461 e. The molecule has 10 heteroatoms. The Bertz CT molecular complexity index is 698. The number of carbonyl (C=O) groups excluding carboxylic acids is 1. The lowest BCUT2D eigenvalue weighted by Gasteiger charge is -2.36. The van der Waals surface area contributed by atoms with E-state index in [1.165, 1.54) is 0 Å². The van der Waals surface area contributed by atoms with E-state index in [1.54, 1.807) is 17.3 Å². The van der Waals surface area contributed by atoms with Crippen molar-refractivity contribution in [1.82, 2.24) is 14.9 Å². The molecule has 0 aliphatic carbocycles. The maximum atomic E-state index is 12.2. The van der Waals surface area contributed by atoms with Crippen molar-refractivity contribution in [2.45, 2.75) is 70.3 Å². The molecule has 1 aromatic rings. The van der Waals surface area contributed by atoms with Crippen molar-refractivity contribution in [1.29, 1.82) is 0 Å². The van der Waals surface area contributed by atoms with Gasteiger partial charge >= 0.3 is 13.1 Å². The van der Waals surface area contributed by atoms with Crippen LogP contribution in [0.1, 0.15) is 47.0 Å². The van der Waals surface area contributed by atoms with Crippen LogP contribution in [0.5, 0.6) is 6.01 Å². The number of hydrogen-bond donors (Lipinski definition) is 2. The largest absolute Gasteiger partial charge is 0.498 e. The molecule has 29 heavy (non-hydrogen) atoms. The molecule has 2 saturated heterocycles. The summed E-state index contributed by atoms with van der Waals surface area (Å²) in [5, 5.41) is 18.7. The summed E-state index contributed by atoms with van der Waals surface area (Å²) in [6, 6.07) is 0.00905. The molecule has 2 fully saturated rings. The van der Waals surface area contributed by atoms with Crippen LogP contribution in [-0.4, -0.2) is 81.2 Å². The Kier molecular flexibility index (Phi) is 6.47. The van der Waals surface area contributed by atoms with Gasteiger partial charge in [0.25, 0.3) is 5.91 Å². The Morgan fingerprint density at radius 2 is 1.90 bits per heavy atom. The molecule has 0 aromatic carbocycles. The van der Waals surface area contributed by atoms with Crippen LogP contribution in [0, 0.1) is 0 Å². The molecule has 3 heterocycles. The lowest BCUT2D eigenvalue weighted by Crippen LogP contribution is -2.51. The molecule has 1 aromatic heterocycles. The van der Waals surface area contributed by atoms with Gasteiger partial charge in [0.05, 0.1) is 23.9 Å². The van der Waals surface area contributed by atoms with Crippen LogP contribution in [0.4, 0.5) is 0 Å². The minimum atomic E-state index is -1.40. The number of hydrogen-bond acceptors (Lipinski definition) is 8. The number of amides is 1. The fourth-order valence-electron chi connectivity index (χ4n) is 3.41. The average Bonchev–Trinajstić information content (AvgIpc) is 2.93. The molecule has 0 unspecified atom stereocenters. The van der Waals surface area contributed by atoms with E-state index < -0.39 is 36.9 Å². The maximum Gasteiger partial charge on any atom is 0.498 e. The van der Waals surface area contributed by atoms with E-state index in [4.69, 9.17) is 19.2 Å². The summed E-state index contributed by atoms with van der Waals surface area (Å²) in [4.78, 5) is 22.3. The summed E-state index contributed by atoms with van der Waals surface area (Å²) in [7, 11) is -0.541. The first-order valence-electron chi connectivity index (χ1n) is 10.0. The molecule has 1 amide bonds. The molecule has 0 saturated carbocycles. The Balaban J connectivity index is 1.59. The Morgan fingerprint density at radius 3 is 2.48 bits per heavy atom. The summed E-state index contributed by atoms with van der Waals surface area (Å²) in [6.45, 7) is 8.09. The molecule has 2 aliphatic rings. The van der Waals surface area contributed by atoms with Gasteiger partial charge in [-0.3, -0.25) is 4.79 Å². The number of aliphatic hydroxyl groups is 2. The fraction of sp³-hybridized carbons (Fsp3) is 0.737. The second-order valence-corrected chi connectivity index (χ2v) is 8.58. The van der Waals surface area contributed by atoms with Crippen LogP contribution in [0.25, 0.3) is 0 Å². The highest BCUT2D eigenvalue weighted by Crippen LogP contribution is 2.36. The molecule has 3 rings (SSSR count). The molecule has 2 aliphatic heterocycles. The fourth-order valence-corrected chi connectivity index (χ4v) is 3.41. The van der Waals surface area contributed by atoms with Crippen LogP contribution in [0.2, 0.25) is 0 Å². The molecule has 0 spiro atoms. The van der Waals surface area contributed by atoms with Crippen molar-refractivity contribution >= 4 is 18.5 Å². The molecule has 160 valence electrons. The maximum absolute atomic E-state index is 12.2. The predicted molar refractivity (Wildman–Crippen MR) is 106 cm³/mol. The summed E-state index contributed by atoms with van der Waals surface area (Å²) in [5.74, 6) is -0.474. The minimum Gasteiger partial charge on any atom is -0.461 e. The van der Waals surface area contributed by atoms with Gasteiger partial charge in [-0.05, 0) is 47.0 Å². The molecule has 9 nitrogen and oxygen atoms in total.